The third kappa shape index (κ3) is 2.44. The van der Waals surface area contributed by atoms with E-state index in [-0.39, 0.29) is 5.96 Å². The summed E-state index contributed by atoms with van der Waals surface area (Å²) in [6, 6.07) is 0. The molecular weight excluding hydrogens is 102 g/mol. The van der Waals surface area contributed by atoms with E-state index < -0.39 is 0 Å². The number of nitrogens with zero attached hydrogens (tertiary/aromatic N) is 1. The molecule has 1 radical (unpaired) electrons. The van der Waals surface area contributed by atoms with Gasteiger partial charge in [0.2, 0.25) is 0 Å². The predicted molar refractivity (Wildman–Crippen MR) is 34.3 cm³/mol. The lowest BCUT2D eigenvalue weighted by molar-refractivity contribution is 0.577. The molecule has 0 rings (SSSR count). The first-order valence-corrected chi connectivity index (χ1v) is 2.58. The molecule has 0 aliphatic rings. The van der Waals surface area contributed by atoms with Crippen LogP contribution in [0.1, 0.15) is 13.3 Å². The van der Waals surface area contributed by atoms with Gasteiger partial charge in [-0.05, 0) is 6.42 Å². The summed E-state index contributed by atoms with van der Waals surface area (Å²) in [5, 5.41) is 6.88. The lowest BCUT2D eigenvalue weighted by atomic mass is 10.4. The molecule has 0 unspecified atom stereocenters. The van der Waals surface area contributed by atoms with Crippen molar-refractivity contribution in [2.24, 2.45) is 5.73 Å². The molecular formula is C5H12N3. The van der Waals surface area contributed by atoms with Crippen molar-refractivity contribution < 1.29 is 0 Å². The molecule has 0 aromatic heterocycles. The monoisotopic (exact) mass is 114 g/mol. The first-order chi connectivity index (χ1) is 3.68. The predicted octanol–water partition coefficient (Wildman–Crippen LogP) is 0.383. The van der Waals surface area contributed by atoms with E-state index in [1.165, 1.54) is 0 Å². The van der Waals surface area contributed by atoms with Crippen molar-refractivity contribution in [1.82, 2.24) is 4.90 Å². The minimum atomic E-state index is 0.0897. The van der Waals surface area contributed by atoms with E-state index in [4.69, 9.17) is 11.1 Å². The highest BCUT2D eigenvalue weighted by Crippen LogP contribution is 1.88. The Labute approximate surface area is 50.0 Å². The third-order valence-electron chi connectivity index (χ3n) is 0.836. The van der Waals surface area contributed by atoms with Crippen molar-refractivity contribution in [3.63, 3.8) is 0 Å². The minimum Gasteiger partial charge on any atom is -0.370 e. The maximum Gasteiger partial charge on any atom is 0.188 e. The van der Waals surface area contributed by atoms with Crippen LogP contribution in [-0.2, 0) is 0 Å². The molecule has 0 aromatic rings. The van der Waals surface area contributed by atoms with Crippen LogP contribution in [0, 0.1) is 12.0 Å². The normalized spacial score (nSPS) is 8.75. The van der Waals surface area contributed by atoms with Gasteiger partial charge in [-0.3, -0.25) is 5.41 Å². The highest BCUT2D eigenvalue weighted by Gasteiger charge is 1.94. The molecule has 0 amide bonds. The van der Waals surface area contributed by atoms with Gasteiger partial charge in [-0.25, -0.2) is 0 Å². The van der Waals surface area contributed by atoms with Crippen molar-refractivity contribution in [1.29, 1.82) is 5.41 Å². The quantitative estimate of drug-likeness (QED) is 0.403. The summed E-state index contributed by atoms with van der Waals surface area (Å²) >= 11 is 0. The zero-order valence-electron chi connectivity index (χ0n) is 5.31. The van der Waals surface area contributed by atoms with Gasteiger partial charge in [0.05, 0.1) is 6.54 Å². The highest BCUT2D eigenvalue weighted by molar-refractivity contribution is 5.74. The standard InChI is InChI=1S/C5H12N3/c1-3-4-8(2)5(6)7/h4H,3H2,1-2H3,(H3,6,7). The van der Waals surface area contributed by atoms with E-state index in [1.54, 1.807) is 11.9 Å². The van der Waals surface area contributed by atoms with Gasteiger partial charge in [0, 0.05) is 7.05 Å². The lowest BCUT2D eigenvalue weighted by Gasteiger charge is -2.13. The minimum absolute atomic E-state index is 0.0897. The molecule has 0 aliphatic carbocycles. The van der Waals surface area contributed by atoms with E-state index in [9.17, 15) is 0 Å². The molecule has 0 bridgehead atoms. The van der Waals surface area contributed by atoms with Gasteiger partial charge in [-0.15, -0.1) is 0 Å². The van der Waals surface area contributed by atoms with Gasteiger partial charge in [-0.2, -0.15) is 0 Å². The number of hydrogen-bond acceptors (Lipinski definition) is 1. The molecule has 0 atom stereocenters. The molecule has 47 valence electrons. The average Bonchev–Trinajstić information content (AvgIpc) is 1.67. The van der Waals surface area contributed by atoms with Crippen molar-refractivity contribution >= 4 is 5.96 Å². The van der Waals surface area contributed by atoms with E-state index in [0.29, 0.717) is 0 Å². The zero-order chi connectivity index (χ0) is 6.57. The lowest BCUT2D eigenvalue weighted by Crippen LogP contribution is -2.30. The van der Waals surface area contributed by atoms with Gasteiger partial charge >= 0.3 is 0 Å². The first kappa shape index (κ1) is 7.27. The third-order valence-corrected chi connectivity index (χ3v) is 0.836. The Morgan fingerprint density at radius 1 is 1.88 bits per heavy atom. The van der Waals surface area contributed by atoms with Gasteiger partial charge in [-0.1, -0.05) is 6.92 Å². The van der Waals surface area contributed by atoms with E-state index >= 15 is 0 Å². The highest BCUT2D eigenvalue weighted by atomic mass is 15.2. The number of nitrogens with one attached hydrogen (secondary N) is 1. The largest absolute Gasteiger partial charge is 0.370 e. The van der Waals surface area contributed by atoms with Crippen molar-refractivity contribution in [2.75, 3.05) is 7.05 Å². The van der Waals surface area contributed by atoms with Crippen LogP contribution in [-0.4, -0.2) is 17.9 Å². The maximum absolute atomic E-state index is 6.88. The molecule has 0 saturated carbocycles. The van der Waals surface area contributed by atoms with Crippen molar-refractivity contribution in [3.05, 3.63) is 6.54 Å². The SMILES string of the molecule is CC[CH]N(C)C(=N)N. The maximum atomic E-state index is 6.88. The smallest absolute Gasteiger partial charge is 0.188 e. The summed E-state index contributed by atoms with van der Waals surface area (Å²) in [5.41, 5.74) is 5.10. The Balaban J connectivity index is 3.32. The van der Waals surface area contributed by atoms with E-state index in [2.05, 4.69) is 0 Å². The Morgan fingerprint density at radius 2 is 2.38 bits per heavy atom. The summed E-state index contributed by atoms with van der Waals surface area (Å²) in [7, 11) is 1.76. The van der Waals surface area contributed by atoms with E-state index in [1.807, 2.05) is 13.5 Å². The summed E-state index contributed by atoms with van der Waals surface area (Å²) < 4.78 is 0. The second-order valence-corrected chi connectivity index (χ2v) is 1.59. The average molecular weight is 114 g/mol. The molecule has 0 aromatic carbocycles. The van der Waals surface area contributed by atoms with Crippen LogP contribution in [0.3, 0.4) is 0 Å². The van der Waals surface area contributed by atoms with Crippen LogP contribution < -0.4 is 5.73 Å². The fraction of sp³-hybridized carbons (Fsp3) is 0.600. The summed E-state index contributed by atoms with van der Waals surface area (Å²) in [4.78, 5) is 1.58. The van der Waals surface area contributed by atoms with Crippen molar-refractivity contribution in [2.45, 2.75) is 13.3 Å². The zero-order valence-corrected chi connectivity index (χ0v) is 5.31. The number of nitrogens with two attached hydrogens (primary N) is 1. The van der Waals surface area contributed by atoms with Crippen LogP contribution in [0.2, 0.25) is 0 Å². The Morgan fingerprint density at radius 3 is 2.50 bits per heavy atom. The number of hydrogen-bond donors (Lipinski definition) is 2. The van der Waals surface area contributed by atoms with Gasteiger partial charge in [0.15, 0.2) is 5.96 Å². The Bertz CT molecular complexity index is 79.7. The molecule has 0 fully saturated rings. The number of guanidine groups is 1. The molecule has 3 N–H and O–H groups in total. The molecule has 3 nitrogen and oxygen atoms in total. The molecule has 8 heavy (non-hydrogen) atoms. The van der Waals surface area contributed by atoms with Gasteiger partial charge in [0.1, 0.15) is 0 Å². The van der Waals surface area contributed by atoms with Crippen LogP contribution >= 0.6 is 0 Å². The summed E-state index contributed by atoms with van der Waals surface area (Å²) in [6.45, 7) is 3.85. The van der Waals surface area contributed by atoms with Crippen LogP contribution in [0.5, 0.6) is 0 Å². The Hall–Kier alpha value is -0.730. The van der Waals surface area contributed by atoms with Gasteiger partial charge in [0.25, 0.3) is 0 Å². The topological polar surface area (TPSA) is 53.1 Å². The van der Waals surface area contributed by atoms with Gasteiger partial charge < -0.3 is 10.6 Å². The molecule has 0 spiro atoms. The molecule has 0 saturated heterocycles. The number of rotatable bonds is 2. The van der Waals surface area contributed by atoms with Crippen molar-refractivity contribution in [3.8, 4) is 0 Å². The van der Waals surface area contributed by atoms with Crippen LogP contribution in [0.15, 0.2) is 0 Å². The van der Waals surface area contributed by atoms with Crippen LogP contribution in [0.25, 0.3) is 0 Å². The van der Waals surface area contributed by atoms with E-state index in [0.717, 1.165) is 6.42 Å². The molecule has 0 heterocycles. The van der Waals surface area contributed by atoms with Crippen LogP contribution in [0.4, 0.5) is 0 Å². The first-order valence-electron chi connectivity index (χ1n) is 2.58. The molecule has 3 heteroatoms. The second kappa shape index (κ2) is 3.29. The fourth-order valence-electron chi connectivity index (χ4n) is 0.372. The summed E-state index contributed by atoms with van der Waals surface area (Å²) in [6.07, 6.45) is 0.913. The Kier molecular flexibility index (Phi) is 2.99. The fourth-order valence-corrected chi connectivity index (χ4v) is 0.372. The summed E-state index contributed by atoms with van der Waals surface area (Å²) in [5.74, 6) is 0.0897. The second-order valence-electron chi connectivity index (χ2n) is 1.59. The molecule has 0 aliphatic heterocycles.